The smallest absolute Gasteiger partial charge is 0.306 e. The highest BCUT2D eigenvalue weighted by Gasteiger charge is 2.22. The summed E-state index contributed by atoms with van der Waals surface area (Å²) in [5.41, 5.74) is 0.955. The van der Waals surface area contributed by atoms with E-state index in [0.29, 0.717) is 12.2 Å². The minimum absolute atomic E-state index is 0.214. The Bertz CT molecular complexity index is 604. The van der Waals surface area contributed by atoms with Crippen molar-refractivity contribution >= 4 is 5.97 Å². The van der Waals surface area contributed by atoms with Crippen LogP contribution in [0.15, 0.2) is 65.8 Å². The quantitative estimate of drug-likeness (QED) is 0.586. The summed E-state index contributed by atoms with van der Waals surface area (Å²) in [5.74, 6) is -0.0819. The summed E-state index contributed by atoms with van der Waals surface area (Å²) in [5, 5.41) is 10.2. The lowest BCUT2D eigenvalue weighted by atomic mass is 9.95. The molecule has 0 saturated heterocycles. The lowest BCUT2D eigenvalue weighted by Crippen LogP contribution is -2.14. The fourth-order valence-electron chi connectivity index (χ4n) is 2.41. The van der Waals surface area contributed by atoms with Gasteiger partial charge in [0.15, 0.2) is 0 Å². The predicted octanol–water partition coefficient (Wildman–Crippen LogP) is 4.20. The molecule has 0 amide bonds. The monoisotopic (exact) mass is 314 g/mol. The Morgan fingerprint density at radius 2 is 2.04 bits per heavy atom. The number of furan rings is 1. The molecular formula is C19H22O4. The van der Waals surface area contributed by atoms with E-state index in [9.17, 15) is 9.90 Å². The van der Waals surface area contributed by atoms with Crippen LogP contribution in [0, 0.1) is 5.92 Å². The van der Waals surface area contributed by atoms with Gasteiger partial charge in [0.2, 0.25) is 0 Å². The Labute approximate surface area is 136 Å². The van der Waals surface area contributed by atoms with E-state index in [2.05, 4.69) is 6.58 Å². The highest BCUT2D eigenvalue weighted by molar-refractivity contribution is 5.69. The molecule has 4 heteroatoms. The van der Waals surface area contributed by atoms with Crippen LogP contribution in [0.5, 0.6) is 0 Å². The molecule has 1 N–H and O–H groups in total. The highest BCUT2D eigenvalue weighted by atomic mass is 16.5. The molecule has 1 heterocycles. The van der Waals surface area contributed by atoms with E-state index < -0.39 is 6.10 Å². The second-order valence-electron chi connectivity index (χ2n) is 5.44. The zero-order chi connectivity index (χ0) is 16.7. The van der Waals surface area contributed by atoms with Crippen molar-refractivity contribution in [2.75, 3.05) is 0 Å². The Kier molecular flexibility index (Phi) is 6.18. The van der Waals surface area contributed by atoms with E-state index in [1.807, 2.05) is 37.3 Å². The van der Waals surface area contributed by atoms with Crippen LogP contribution in [0.2, 0.25) is 0 Å². The summed E-state index contributed by atoms with van der Waals surface area (Å²) in [6, 6.07) is 13.0. The number of carbonyl (C=O) groups is 1. The van der Waals surface area contributed by atoms with Gasteiger partial charge in [-0.25, -0.2) is 0 Å². The van der Waals surface area contributed by atoms with Crippen molar-refractivity contribution in [2.45, 2.75) is 32.0 Å². The molecule has 122 valence electrons. The topological polar surface area (TPSA) is 59.7 Å². The van der Waals surface area contributed by atoms with Crippen LogP contribution in [0.3, 0.4) is 0 Å². The second-order valence-corrected chi connectivity index (χ2v) is 5.44. The fraction of sp³-hybridized carbons (Fsp3) is 0.316. The Morgan fingerprint density at radius 1 is 1.30 bits per heavy atom. The van der Waals surface area contributed by atoms with Crippen LogP contribution >= 0.6 is 0 Å². The SMILES string of the molecule is C=C[C@@H](CCC(=O)OC(C)c1ccccc1)[C@@H](O)c1ccco1. The maximum absolute atomic E-state index is 12.0. The molecular weight excluding hydrogens is 292 g/mol. The molecule has 4 nitrogen and oxygen atoms in total. The molecule has 0 aliphatic heterocycles. The minimum atomic E-state index is -0.804. The van der Waals surface area contributed by atoms with Gasteiger partial charge in [-0.2, -0.15) is 0 Å². The molecule has 1 unspecified atom stereocenters. The van der Waals surface area contributed by atoms with Crippen molar-refractivity contribution < 1.29 is 19.1 Å². The number of ether oxygens (including phenoxy) is 1. The van der Waals surface area contributed by atoms with Crippen LogP contribution in [0.1, 0.15) is 43.3 Å². The highest BCUT2D eigenvalue weighted by Crippen LogP contribution is 2.27. The number of carbonyl (C=O) groups excluding carboxylic acids is 1. The zero-order valence-corrected chi connectivity index (χ0v) is 13.2. The normalized spacial score (nSPS) is 14.7. The summed E-state index contributed by atoms with van der Waals surface area (Å²) < 4.78 is 10.6. The van der Waals surface area contributed by atoms with Crippen LogP contribution in [0.4, 0.5) is 0 Å². The van der Waals surface area contributed by atoms with Gasteiger partial charge in [0.25, 0.3) is 0 Å². The molecule has 0 saturated carbocycles. The molecule has 0 aliphatic carbocycles. The molecule has 2 aromatic rings. The number of hydrogen-bond donors (Lipinski definition) is 1. The molecule has 1 aromatic carbocycles. The molecule has 1 aromatic heterocycles. The van der Waals surface area contributed by atoms with E-state index in [1.54, 1.807) is 18.2 Å². The first-order valence-corrected chi connectivity index (χ1v) is 7.70. The molecule has 0 aliphatic rings. The summed E-state index contributed by atoms with van der Waals surface area (Å²) >= 11 is 0. The average Bonchev–Trinajstić information content (AvgIpc) is 3.10. The molecule has 0 radical (unpaired) electrons. The van der Waals surface area contributed by atoms with Gasteiger partial charge in [-0.15, -0.1) is 6.58 Å². The largest absolute Gasteiger partial charge is 0.467 e. The summed E-state index contributed by atoms with van der Waals surface area (Å²) in [7, 11) is 0. The van der Waals surface area contributed by atoms with Crippen LogP contribution < -0.4 is 0 Å². The number of aliphatic hydroxyl groups is 1. The van der Waals surface area contributed by atoms with Gasteiger partial charge < -0.3 is 14.3 Å². The zero-order valence-electron chi connectivity index (χ0n) is 13.2. The van der Waals surface area contributed by atoms with Gasteiger partial charge in [-0.1, -0.05) is 36.4 Å². The van der Waals surface area contributed by atoms with Gasteiger partial charge in [-0.3, -0.25) is 4.79 Å². The molecule has 0 spiro atoms. The summed E-state index contributed by atoms with van der Waals surface area (Å²) in [6.45, 7) is 5.57. The van der Waals surface area contributed by atoms with Crippen molar-refractivity contribution in [2.24, 2.45) is 5.92 Å². The number of aliphatic hydroxyl groups excluding tert-OH is 1. The maximum Gasteiger partial charge on any atom is 0.306 e. The first kappa shape index (κ1) is 17.0. The summed E-state index contributed by atoms with van der Waals surface area (Å²) in [4.78, 5) is 12.0. The Balaban J connectivity index is 1.84. The Hall–Kier alpha value is -2.33. The van der Waals surface area contributed by atoms with Gasteiger partial charge in [-0.05, 0) is 31.0 Å². The molecule has 2 rings (SSSR count). The lowest BCUT2D eigenvalue weighted by molar-refractivity contribution is -0.149. The molecule has 0 fully saturated rings. The predicted molar refractivity (Wildman–Crippen MR) is 87.5 cm³/mol. The number of esters is 1. The Morgan fingerprint density at radius 3 is 2.65 bits per heavy atom. The third-order valence-corrected chi connectivity index (χ3v) is 3.80. The van der Waals surface area contributed by atoms with Crippen LogP contribution in [-0.2, 0) is 9.53 Å². The van der Waals surface area contributed by atoms with Crippen LogP contribution in [0.25, 0.3) is 0 Å². The van der Waals surface area contributed by atoms with E-state index in [4.69, 9.17) is 9.15 Å². The average molecular weight is 314 g/mol. The van der Waals surface area contributed by atoms with Gasteiger partial charge in [0.05, 0.1) is 6.26 Å². The first-order valence-electron chi connectivity index (χ1n) is 7.70. The van der Waals surface area contributed by atoms with Crippen molar-refractivity contribution in [1.29, 1.82) is 0 Å². The van der Waals surface area contributed by atoms with Crippen LogP contribution in [-0.4, -0.2) is 11.1 Å². The van der Waals surface area contributed by atoms with E-state index in [0.717, 1.165) is 5.56 Å². The van der Waals surface area contributed by atoms with E-state index in [1.165, 1.54) is 6.26 Å². The van der Waals surface area contributed by atoms with Crippen molar-refractivity contribution in [1.82, 2.24) is 0 Å². The fourth-order valence-corrected chi connectivity index (χ4v) is 2.41. The number of hydrogen-bond acceptors (Lipinski definition) is 4. The third-order valence-electron chi connectivity index (χ3n) is 3.80. The molecule has 3 atom stereocenters. The summed E-state index contributed by atoms with van der Waals surface area (Å²) in [6.07, 6.45) is 2.72. The van der Waals surface area contributed by atoms with E-state index in [-0.39, 0.29) is 24.4 Å². The van der Waals surface area contributed by atoms with Gasteiger partial charge in [0, 0.05) is 12.3 Å². The minimum Gasteiger partial charge on any atom is -0.467 e. The van der Waals surface area contributed by atoms with Crippen molar-refractivity contribution in [3.63, 3.8) is 0 Å². The van der Waals surface area contributed by atoms with Gasteiger partial charge >= 0.3 is 5.97 Å². The third kappa shape index (κ3) is 4.83. The van der Waals surface area contributed by atoms with Crippen molar-refractivity contribution in [3.05, 3.63) is 72.7 Å². The first-order chi connectivity index (χ1) is 11.1. The second kappa shape index (κ2) is 8.34. The maximum atomic E-state index is 12.0. The standard InChI is InChI=1S/C19H22O4/c1-3-15(19(21)17-10-7-13-22-17)11-12-18(20)23-14(2)16-8-5-4-6-9-16/h3-10,13-15,19,21H,1,11-12H2,2H3/t14?,15-,19+/m0/s1. The molecule has 23 heavy (non-hydrogen) atoms. The lowest BCUT2D eigenvalue weighted by Gasteiger charge is -2.18. The number of rotatable bonds is 8. The van der Waals surface area contributed by atoms with Gasteiger partial charge in [0.1, 0.15) is 18.0 Å². The number of benzene rings is 1. The van der Waals surface area contributed by atoms with Crippen molar-refractivity contribution in [3.8, 4) is 0 Å². The molecule has 0 bridgehead atoms. The van der Waals surface area contributed by atoms with E-state index >= 15 is 0 Å².